The van der Waals surface area contributed by atoms with Gasteiger partial charge in [-0.05, 0) is 30.0 Å². The first-order chi connectivity index (χ1) is 8.90. The summed E-state index contributed by atoms with van der Waals surface area (Å²) in [6.07, 6.45) is 2.39. The lowest BCUT2D eigenvalue weighted by Gasteiger charge is -2.10. The Kier molecular flexibility index (Phi) is 5.25. The van der Waals surface area contributed by atoms with E-state index in [0.717, 1.165) is 10.4 Å². The summed E-state index contributed by atoms with van der Waals surface area (Å²) in [5.41, 5.74) is 5.94. The smallest absolute Gasteiger partial charge is 0.326 e. The van der Waals surface area contributed by atoms with Gasteiger partial charge in [0.25, 0.3) is 0 Å². The number of carbonyl (C=O) groups is 3. The fraction of sp³-hybridized carbons (Fsp3) is 0.250. The summed E-state index contributed by atoms with van der Waals surface area (Å²) in [6.45, 7) is 1.90. The molecule has 0 saturated carbocycles. The molecule has 19 heavy (non-hydrogen) atoms. The first kappa shape index (κ1) is 14.9. The van der Waals surface area contributed by atoms with Crippen LogP contribution in [0, 0.1) is 6.92 Å². The molecule has 0 unspecified atom stereocenters. The number of carboxylic acid groups (broad SMARTS) is 1. The number of thiophene rings is 1. The van der Waals surface area contributed by atoms with Crippen LogP contribution < -0.4 is 11.1 Å². The maximum atomic E-state index is 11.5. The SMILES string of the molecule is Cc1ccsc1/C=C/C(=O)N[C@H](CC(N)=O)C(=O)O. The molecule has 1 rings (SSSR count). The van der Waals surface area contributed by atoms with Gasteiger partial charge in [0.2, 0.25) is 11.8 Å². The molecule has 0 aliphatic rings. The predicted octanol–water partition coefficient (Wildman–Crippen LogP) is 0.515. The van der Waals surface area contributed by atoms with Gasteiger partial charge >= 0.3 is 5.97 Å². The lowest BCUT2D eigenvalue weighted by atomic mass is 10.2. The van der Waals surface area contributed by atoms with Gasteiger partial charge in [0.15, 0.2) is 0 Å². The Morgan fingerprint density at radius 1 is 1.53 bits per heavy atom. The molecule has 102 valence electrons. The van der Waals surface area contributed by atoms with E-state index >= 15 is 0 Å². The van der Waals surface area contributed by atoms with Crippen molar-refractivity contribution in [3.8, 4) is 0 Å². The van der Waals surface area contributed by atoms with Gasteiger partial charge in [0.05, 0.1) is 6.42 Å². The predicted molar refractivity (Wildman–Crippen MR) is 71.5 cm³/mol. The minimum Gasteiger partial charge on any atom is -0.480 e. The van der Waals surface area contributed by atoms with E-state index in [4.69, 9.17) is 10.8 Å². The first-order valence-electron chi connectivity index (χ1n) is 5.44. The molecule has 2 amide bonds. The summed E-state index contributed by atoms with van der Waals surface area (Å²) in [7, 11) is 0. The van der Waals surface area contributed by atoms with Crippen LogP contribution in [0.25, 0.3) is 6.08 Å². The molecule has 0 aliphatic carbocycles. The maximum Gasteiger partial charge on any atom is 0.326 e. The van der Waals surface area contributed by atoms with Crippen molar-refractivity contribution in [2.75, 3.05) is 0 Å². The third kappa shape index (κ3) is 4.92. The van der Waals surface area contributed by atoms with Crippen LogP contribution in [0.4, 0.5) is 0 Å². The number of aliphatic carboxylic acids is 1. The van der Waals surface area contributed by atoms with Gasteiger partial charge in [-0.15, -0.1) is 11.3 Å². The third-order valence-corrected chi connectivity index (χ3v) is 3.29. The fourth-order valence-corrected chi connectivity index (χ4v) is 2.15. The summed E-state index contributed by atoms with van der Waals surface area (Å²) in [4.78, 5) is 33.9. The lowest BCUT2D eigenvalue weighted by Crippen LogP contribution is -2.42. The monoisotopic (exact) mass is 282 g/mol. The fourth-order valence-electron chi connectivity index (χ4n) is 1.33. The molecule has 4 N–H and O–H groups in total. The van der Waals surface area contributed by atoms with Crippen molar-refractivity contribution in [1.82, 2.24) is 5.32 Å². The van der Waals surface area contributed by atoms with Crippen molar-refractivity contribution < 1.29 is 19.5 Å². The van der Waals surface area contributed by atoms with E-state index in [1.807, 2.05) is 18.4 Å². The van der Waals surface area contributed by atoms with Crippen molar-refractivity contribution in [3.63, 3.8) is 0 Å². The Labute approximate surface area is 113 Å². The van der Waals surface area contributed by atoms with E-state index in [9.17, 15) is 14.4 Å². The normalized spacial score (nSPS) is 12.3. The number of nitrogens with two attached hydrogens (primary N) is 1. The second kappa shape index (κ2) is 6.69. The molecule has 0 saturated heterocycles. The summed E-state index contributed by atoms with van der Waals surface area (Å²) >= 11 is 1.47. The molecule has 7 heteroatoms. The van der Waals surface area contributed by atoms with Crippen molar-refractivity contribution >= 4 is 35.2 Å². The van der Waals surface area contributed by atoms with Crippen LogP contribution in [-0.2, 0) is 14.4 Å². The first-order valence-corrected chi connectivity index (χ1v) is 6.32. The highest BCUT2D eigenvalue weighted by atomic mass is 32.1. The van der Waals surface area contributed by atoms with Gasteiger partial charge in [0.1, 0.15) is 6.04 Å². The highest BCUT2D eigenvalue weighted by Crippen LogP contribution is 2.16. The zero-order valence-corrected chi connectivity index (χ0v) is 11.1. The van der Waals surface area contributed by atoms with Crippen LogP contribution in [0.2, 0.25) is 0 Å². The molecule has 0 fully saturated rings. The number of hydrogen-bond donors (Lipinski definition) is 3. The largest absolute Gasteiger partial charge is 0.480 e. The highest BCUT2D eigenvalue weighted by Gasteiger charge is 2.20. The number of amides is 2. The number of aryl methyl sites for hydroxylation is 1. The van der Waals surface area contributed by atoms with E-state index in [1.54, 1.807) is 6.08 Å². The van der Waals surface area contributed by atoms with Crippen LogP contribution in [0.3, 0.4) is 0 Å². The minimum atomic E-state index is -1.31. The van der Waals surface area contributed by atoms with Crippen molar-refractivity contribution in [1.29, 1.82) is 0 Å². The molecular formula is C12H14N2O4S. The van der Waals surface area contributed by atoms with Gasteiger partial charge in [-0.3, -0.25) is 9.59 Å². The van der Waals surface area contributed by atoms with Crippen molar-refractivity contribution in [2.45, 2.75) is 19.4 Å². The second-order valence-electron chi connectivity index (χ2n) is 3.87. The number of rotatable bonds is 6. The molecule has 1 aromatic heterocycles. The highest BCUT2D eigenvalue weighted by molar-refractivity contribution is 7.11. The van der Waals surface area contributed by atoms with E-state index in [2.05, 4.69) is 5.32 Å². The molecule has 0 radical (unpaired) electrons. The topological polar surface area (TPSA) is 109 Å². The molecule has 1 aromatic rings. The van der Waals surface area contributed by atoms with E-state index in [0.29, 0.717) is 0 Å². The van der Waals surface area contributed by atoms with Crippen LogP contribution in [-0.4, -0.2) is 28.9 Å². The molecule has 0 bridgehead atoms. The molecule has 6 nitrogen and oxygen atoms in total. The summed E-state index contributed by atoms with van der Waals surface area (Å²) < 4.78 is 0. The van der Waals surface area contributed by atoms with Crippen LogP contribution >= 0.6 is 11.3 Å². The Morgan fingerprint density at radius 3 is 2.68 bits per heavy atom. The van der Waals surface area contributed by atoms with Gasteiger partial charge < -0.3 is 16.2 Å². The molecule has 1 heterocycles. The van der Waals surface area contributed by atoms with Crippen LogP contribution in [0.1, 0.15) is 16.9 Å². The summed E-state index contributed by atoms with van der Waals surface area (Å²) in [5.74, 6) is -2.67. The standard InChI is InChI=1S/C12H14N2O4S/c1-7-4-5-19-9(7)2-3-11(16)14-8(12(17)18)6-10(13)15/h2-5,8H,6H2,1H3,(H2,13,15)(H,14,16)(H,17,18)/b3-2+/t8-/m1/s1. The van der Waals surface area contributed by atoms with Crippen LogP contribution in [0.15, 0.2) is 17.5 Å². The zero-order chi connectivity index (χ0) is 14.4. The third-order valence-electron chi connectivity index (χ3n) is 2.31. The number of carbonyl (C=O) groups excluding carboxylic acids is 2. The average Bonchev–Trinajstić information content (AvgIpc) is 2.70. The molecule has 0 aromatic carbocycles. The van der Waals surface area contributed by atoms with Gasteiger partial charge in [-0.2, -0.15) is 0 Å². The van der Waals surface area contributed by atoms with Gasteiger partial charge in [-0.25, -0.2) is 4.79 Å². The Balaban J connectivity index is 2.63. The average molecular weight is 282 g/mol. The Hall–Kier alpha value is -2.15. The summed E-state index contributed by atoms with van der Waals surface area (Å²) in [6, 6.07) is 0.606. The Morgan fingerprint density at radius 2 is 2.21 bits per heavy atom. The minimum absolute atomic E-state index is 0.438. The van der Waals surface area contributed by atoms with E-state index in [1.165, 1.54) is 17.4 Å². The number of hydrogen-bond acceptors (Lipinski definition) is 4. The molecule has 0 spiro atoms. The van der Waals surface area contributed by atoms with Gasteiger partial charge in [-0.1, -0.05) is 0 Å². The zero-order valence-electron chi connectivity index (χ0n) is 10.3. The van der Waals surface area contributed by atoms with E-state index in [-0.39, 0.29) is 0 Å². The van der Waals surface area contributed by atoms with E-state index < -0.39 is 30.2 Å². The quantitative estimate of drug-likeness (QED) is 0.660. The van der Waals surface area contributed by atoms with Crippen LogP contribution in [0.5, 0.6) is 0 Å². The van der Waals surface area contributed by atoms with Gasteiger partial charge in [0, 0.05) is 11.0 Å². The second-order valence-corrected chi connectivity index (χ2v) is 4.82. The number of nitrogens with one attached hydrogen (secondary N) is 1. The molecular weight excluding hydrogens is 268 g/mol. The lowest BCUT2D eigenvalue weighted by molar-refractivity contribution is -0.142. The molecule has 0 aliphatic heterocycles. The van der Waals surface area contributed by atoms with Crippen molar-refractivity contribution in [2.24, 2.45) is 5.73 Å². The van der Waals surface area contributed by atoms with Crippen molar-refractivity contribution in [3.05, 3.63) is 28.0 Å². The summed E-state index contributed by atoms with van der Waals surface area (Å²) in [5, 5.41) is 12.9. The number of carboxylic acids is 1. The molecule has 1 atom stereocenters. The number of primary amides is 1. The maximum absolute atomic E-state index is 11.5. The Bertz CT molecular complexity index is 522.